The van der Waals surface area contributed by atoms with Crippen molar-refractivity contribution in [3.8, 4) is 5.75 Å². The maximum Gasteiger partial charge on any atom is 0.256 e. The van der Waals surface area contributed by atoms with Crippen LogP contribution in [0, 0.1) is 6.92 Å². The van der Waals surface area contributed by atoms with Crippen LogP contribution in [0.1, 0.15) is 27.0 Å². The minimum Gasteiger partial charge on any atom is -0.487 e. The molecule has 0 saturated heterocycles. The molecule has 0 fully saturated rings. The molecule has 5 nitrogen and oxygen atoms in total. The van der Waals surface area contributed by atoms with Gasteiger partial charge in [0.25, 0.3) is 5.91 Å². The second-order valence-corrected chi connectivity index (χ2v) is 9.29. The summed E-state index contributed by atoms with van der Waals surface area (Å²) in [5, 5.41) is 9.05. The average molecular weight is 535 g/mol. The molecule has 174 valence electrons. The zero-order valence-electron chi connectivity index (χ0n) is 18.0. The van der Waals surface area contributed by atoms with Gasteiger partial charge in [-0.05, 0) is 60.0 Å². The molecule has 0 saturated carbocycles. The van der Waals surface area contributed by atoms with Gasteiger partial charge in [-0.15, -0.1) is 0 Å². The summed E-state index contributed by atoms with van der Waals surface area (Å²) in [5.41, 5.74) is 3.25. The molecule has 9 heteroatoms. The van der Waals surface area contributed by atoms with Crippen LogP contribution in [-0.2, 0) is 13.2 Å². The lowest BCUT2D eigenvalue weighted by Gasteiger charge is -2.09. The van der Waals surface area contributed by atoms with E-state index in [0.717, 1.165) is 16.7 Å². The molecule has 0 atom stereocenters. The van der Waals surface area contributed by atoms with E-state index >= 15 is 0 Å². The standard InChI is InChI=1S/C25H19Cl4N3O2/c1-15-2-9-20(27)23(10-15)34-14-16-3-5-17(6-4-16)25(33)30-24-22(29)13-32(31-24)12-18-7-8-19(26)11-21(18)28/h2-11,13H,12,14H2,1H3,(H,30,31,33). The topological polar surface area (TPSA) is 56.1 Å². The van der Waals surface area contributed by atoms with Gasteiger partial charge in [0, 0.05) is 21.8 Å². The second-order valence-electron chi connectivity index (χ2n) is 7.63. The quantitative estimate of drug-likeness (QED) is 0.264. The largest absolute Gasteiger partial charge is 0.487 e. The van der Waals surface area contributed by atoms with Gasteiger partial charge >= 0.3 is 0 Å². The zero-order valence-corrected chi connectivity index (χ0v) is 21.0. The molecular formula is C25H19Cl4N3O2. The Bertz CT molecular complexity index is 1340. The summed E-state index contributed by atoms with van der Waals surface area (Å²) in [7, 11) is 0. The molecule has 1 amide bonds. The third-order valence-corrected chi connectivity index (χ3v) is 6.17. The van der Waals surface area contributed by atoms with E-state index in [0.29, 0.717) is 44.6 Å². The summed E-state index contributed by atoms with van der Waals surface area (Å²) in [4.78, 5) is 12.7. The molecule has 0 radical (unpaired) electrons. The van der Waals surface area contributed by atoms with E-state index in [9.17, 15) is 4.79 Å². The summed E-state index contributed by atoms with van der Waals surface area (Å²) in [6, 6.07) is 17.9. The van der Waals surface area contributed by atoms with Crippen LogP contribution in [-0.4, -0.2) is 15.7 Å². The number of rotatable bonds is 7. The molecule has 0 aliphatic carbocycles. The third kappa shape index (κ3) is 6.05. The fraction of sp³-hybridized carbons (Fsp3) is 0.120. The minimum atomic E-state index is -0.328. The van der Waals surface area contributed by atoms with Crippen molar-refractivity contribution >= 4 is 58.1 Å². The first-order valence-electron chi connectivity index (χ1n) is 10.2. The monoisotopic (exact) mass is 533 g/mol. The summed E-state index contributed by atoms with van der Waals surface area (Å²) < 4.78 is 7.40. The number of carbonyl (C=O) groups excluding carboxylic acids is 1. The van der Waals surface area contributed by atoms with Crippen LogP contribution in [0.15, 0.2) is 66.9 Å². The number of halogens is 4. The van der Waals surface area contributed by atoms with E-state index in [4.69, 9.17) is 51.1 Å². The molecule has 0 spiro atoms. The normalized spacial score (nSPS) is 10.9. The van der Waals surface area contributed by atoms with E-state index in [1.54, 1.807) is 41.2 Å². The first kappa shape index (κ1) is 24.4. The van der Waals surface area contributed by atoms with E-state index in [1.807, 2.05) is 37.3 Å². The van der Waals surface area contributed by atoms with Gasteiger partial charge in [-0.25, -0.2) is 0 Å². The van der Waals surface area contributed by atoms with Gasteiger partial charge in [-0.1, -0.05) is 70.7 Å². The molecule has 1 N–H and O–H groups in total. The van der Waals surface area contributed by atoms with Crippen molar-refractivity contribution < 1.29 is 9.53 Å². The predicted molar refractivity (Wildman–Crippen MR) is 138 cm³/mol. The molecule has 1 heterocycles. The van der Waals surface area contributed by atoms with Gasteiger partial charge < -0.3 is 10.1 Å². The molecule has 0 aliphatic heterocycles. The molecule has 3 aromatic carbocycles. The van der Waals surface area contributed by atoms with Crippen LogP contribution >= 0.6 is 46.4 Å². The van der Waals surface area contributed by atoms with Crippen molar-refractivity contribution in [2.45, 2.75) is 20.1 Å². The highest BCUT2D eigenvalue weighted by Gasteiger charge is 2.14. The van der Waals surface area contributed by atoms with Gasteiger partial charge in [-0.2, -0.15) is 5.10 Å². The first-order chi connectivity index (χ1) is 16.3. The van der Waals surface area contributed by atoms with Gasteiger partial charge in [0.15, 0.2) is 5.82 Å². The molecular weight excluding hydrogens is 516 g/mol. The number of hydrogen-bond acceptors (Lipinski definition) is 3. The molecule has 1 aromatic heterocycles. The lowest BCUT2D eigenvalue weighted by atomic mass is 10.1. The highest BCUT2D eigenvalue weighted by molar-refractivity contribution is 6.35. The number of aromatic nitrogens is 2. The van der Waals surface area contributed by atoms with Gasteiger partial charge in [-0.3, -0.25) is 9.48 Å². The Morgan fingerprint density at radius 2 is 1.71 bits per heavy atom. The maximum absolute atomic E-state index is 12.7. The van der Waals surface area contributed by atoms with Crippen molar-refractivity contribution in [3.63, 3.8) is 0 Å². The zero-order chi connectivity index (χ0) is 24.2. The van der Waals surface area contributed by atoms with Crippen molar-refractivity contribution in [1.82, 2.24) is 9.78 Å². The molecule has 0 unspecified atom stereocenters. The highest BCUT2D eigenvalue weighted by atomic mass is 35.5. The summed E-state index contributed by atoms with van der Waals surface area (Å²) >= 11 is 24.6. The number of anilines is 1. The fourth-order valence-electron chi connectivity index (χ4n) is 3.20. The summed E-state index contributed by atoms with van der Waals surface area (Å²) in [5.74, 6) is 0.553. The molecule has 4 aromatic rings. The Morgan fingerprint density at radius 3 is 2.44 bits per heavy atom. The Labute approximate surface area is 217 Å². The fourth-order valence-corrected chi connectivity index (χ4v) is 4.04. The lowest BCUT2D eigenvalue weighted by Crippen LogP contribution is -2.13. The minimum absolute atomic E-state index is 0.262. The number of amides is 1. The smallest absolute Gasteiger partial charge is 0.256 e. The number of aryl methyl sites for hydroxylation is 1. The number of nitrogens with zero attached hydrogens (tertiary/aromatic N) is 2. The van der Waals surface area contributed by atoms with Crippen LogP contribution in [0.2, 0.25) is 20.1 Å². The Kier molecular flexibility index (Phi) is 7.69. The predicted octanol–water partition coefficient (Wildman–Crippen LogP) is 7.68. The lowest BCUT2D eigenvalue weighted by molar-refractivity contribution is 0.102. The number of nitrogens with one attached hydrogen (secondary N) is 1. The van der Waals surface area contributed by atoms with Crippen LogP contribution in [0.5, 0.6) is 5.75 Å². The van der Waals surface area contributed by atoms with Crippen molar-refractivity contribution in [3.05, 3.63) is 109 Å². The molecule has 0 aliphatic rings. The number of hydrogen-bond donors (Lipinski definition) is 1. The number of benzene rings is 3. The second kappa shape index (κ2) is 10.7. The van der Waals surface area contributed by atoms with Crippen LogP contribution < -0.4 is 10.1 Å². The average Bonchev–Trinajstić information content (AvgIpc) is 3.15. The number of ether oxygens (including phenoxy) is 1. The Balaban J connectivity index is 1.38. The first-order valence-corrected chi connectivity index (χ1v) is 11.8. The van der Waals surface area contributed by atoms with E-state index in [1.165, 1.54) is 0 Å². The number of carbonyl (C=O) groups is 1. The Hall–Kier alpha value is -2.70. The molecule has 34 heavy (non-hydrogen) atoms. The van der Waals surface area contributed by atoms with E-state index < -0.39 is 0 Å². The van der Waals surface area contributed by atoms with Crippen molar-refractivity contribution in [1.29, 1.82) is 0 Å². The van der Waals surface area contributed by atoms with Crippen molar-refractivity contribution in [2.24, 2.45) is 0 Å². The Morgan fingerprint density at radius 1 is 0.941 bits per heavy atom. The molecule has 4 rings (SSSR count). The van der Waals surface area contributed by atoms with Crippen LogP contribution in [0.3, 0.4) is 0 Å². The van der Waals surface area contributed by atoms with Gasteiger partial charge in [0.1, 0.15) is 17.4 Å². The SMILES string of the molecule is Cc1ccc(Cl)c(OCc2ccc(C(=O)Nc3nn(Cc4ccc(Cl)cc4Cl)cc3Cl)cc2)c1. The van der Waals surface area contributed by atoms with Gasteiger partial charge in [0.2, 0.25) is 0 Å². The van der Waals surface area contributed by atoms with E-state index in [-0.39, 0.29) is 11.7 Å². The van der Waals surface area contributed by atoms with Crippen LogP contribution in [0.4, 0.5) is 5.82 Å². The van der Waals surface area contributed by atoms with Gasteiger partial charge in [0.05, 0.1) is 11.6 Å². The molecule has 0 bridgehead atoms. The van der Waals surface area contributed by atoms with Crippen molar-refractivity contribution in [2.75, 3.05) is 5.32 Å². The third-order valence-electron chi connectivity index (χ3n) is 4.99. The maximum atomic E-state index is 12.7. The summed E-state index contributed by atoms with van der Waals surface area (Å²) in [6.45, 7) is 2.68. The van der Waals surface area contributed by atoms with E-state index in [2.05, 4.69) is 10.4 Å². The van der Waals surface area contributed by atoms with Crippen LogP contribution in [0.25, 0.3) is 0 Å². The highest BCUT2D eigenvalue weighted by Crippen LogP contribution is 2.27. The summed E-state index contributed by atoms with van der Waals surface area (Å²) in [6.07, 6.45) is 1.62.